The Morgan fingerprint density at radius 1 is 1.39 bits per heavy atom. The molecule has 1 aromatic rings. The van der Waals surface area contributed by atoms with Crippen LogP contribution >= 0.6 is 15.9 Å². The average molecular weight is 383 g/mol. The summed E-state index contributed by atoms with van der Waals surface area (Å²) in [5.74, 6) is 0.743. The largest absolute Gasteiger partial charge is 0.463 e. The van der Waals surface area contributed by atoms with Gasteiger partial charge in [0.05, 0.1) is 18.2 Å². The van der Waals surface area contributed by atoms with Crippen LogP contribution in [0.15, 0.2) is 29.5 Å². The molecule has 0 aliphatic carbocycles. The lowest BCUT2D eigenvalue weighted by atomic mass is 9.95. The van der Waals surface area contributed by atoms with E-state index in [1.54, 1.807) is 25.1 Å². The number of urea groups is 1. The number of esters is 1. The predicted octanol–water partition coefficient (Wildman–Crippen LogP) is 1.98. The van der Waals surface area contributed by atoms with Crippen LogP contribution in [0.2, 0.25) is 0 Å². The van der Waals surface area contributed by atoms with Gasteiger partial charge in [-0.05, 0) is 24.6 Å². The molecule has 8 heteroatoms. The van der Waals surface area contributed by atoms with Crippen molar-refractivity contribution in [2.45, 2.75) is 13.0 Å². The van der Waals surface area contributed by atoms with Crippen molar-refractivity contribution in [3.8, 4) is 11.5 Å². The third kappa shape index (κ3) is 2.98. The van der Waals surface area contributed by atoms with Crippen LogP contribution < -0.4 is 20.1 Å². The molecule has 7 nitrogen and oxygen atoms in total. The maximum absolute atomic E-state index is 12.3. The number of nitrogens with one attached hydrogen (secondary N) is 2. The van der Waals surface area contributed by atoms with Crippen molar-refractivity contribution in [1.82, 2.24) is 10.6 Å². The van der Waals surface area contributed by atoms with Crippen LogP contribution in [0.1, 0.15) is 18.5 Å². The molecule has 0 bridgehead atoms. The molecule has 1 aromatic carbocycles. The maximum atomic E-state index is 12.3. The lowest BCUT2D eigenvalue weighted by Crippen LogP contribution is -2.46. The minimum absolute atomic E-state index is 0.157. The molecule has 122 valence electrons. The van der Waals surface area contributed by atoms with Gasteiger partial charge < -0.3 is 24.8 Å². The minimum Gasteiger partial charge on any atom is -0.463 e. The predicted molar refractivity (Wildman–Crippen MR) is 84.4 cm³/mol. The molecule has 23 heavy (non-hydrogen) atoms. The van der Waals surface area contributed by atoms with Gasteiger partial charge in [-0.15, -0.1) is 0 Å². The maximum Gasteiger partial charge on any atom is 0.338 e. The number of halogens is 1. The monoisotopic (exact) mass is 382 g/mol. The van der Waals surface area contributed by atoms with Crippen LogP contribution in [0.5, 0.6) is 11.5 Å². The van der Waals surface area contributed by atoms with E-state index in [9.17, 15) is 9.59 Å². The summed E-state index contributed by atoms with van der Waals surface area (Å²) in [6, 6.07) is 4.29. The van der Waals surface area contributed by atoms with E-state index in [4.69, 9.17) is 14.2 Å². The van der Waals surface area contributed by atoms with Crippen LogP contribution in [0.3, 0.4) is 0 Å². The summed E-state index contributed by atoms with van der Waals surface area (Å²) in [6.07, 6.45) is 0. The number of carbonyl (C=O) groups excluding carboxylic acids is 2. The highest BCUT2D eigenvalue weighted by Crippen LogP contribution is 2.37. The molecule has 0 saturated carbocycles. The highest BCUT2D eigenvalue weighted by molar-refractivity contribution is 9.09. The lowest BCUT2D eigenvalue weighted by molar-refractivity contribution is -0.139. The number of ether oxygens (including phenoxy) is 3. The van der Waals surface area contributed by atoms with E-state index in [2.05, 4.69) is 26.6 Å². The van der Waals surface area contributed by atoms with Gasteiger partial charge in [-0.3, -0.25) is 0 Å². The Bertz CT molecular complexity index is 688. The van der Waals surface area contributed by atoms with Gasteiger partial charge >= 0.3 is 12.0 Å². The number of allylic oxidation sites excluding steroid dienone is 1. The topological polar surface area (TPSA) is 85.9 Å². The molecule has 1 atom stereocenters. The van der Waals surface area contributed by atoms with Crippen LogP contribution in [0.25, 0.3) is 0 Å². The highest BCUT2D eigenvalue weighted by Gasteiger charge is 2.34. The SMILES string of the molecule is CCOC(=O)C1=C(CBr)NC(=O)N[C@@H]1c1ccc2c(c1)OCO2. The van der Waals surface area contributed by atoms with Gasteiger partial charge in [0.25, 0.3) is 0 Å². The third-order valence-electron chi connectivity index (χ3n) is 3.51. The van der Waals surface area contributed by atoms with Gasteiger partial charge in [0.2, 0.25) is 6.79 Å². The molecule has 0 aromatic heterocycles. The number of benzene rings is 1. The fourth-order valence-electron chi connectivity index (χ4n) is 2.52. The van der Waals surface area contributed by atoms with Crippen molar-refractivity contribution in [2.24, 2.45) is 0 Å². The quantitative estimate of drug-likeness (QED) is 0.614. The van der Waals surface area contributed by atoms with E-state index < -0.39 is 12.0 Å². The zero-order valence-electron chi connectivity index (χ0n) is 12.3. The number of amides is 2. The summed E-state index contributed by atoms with van der Waals surface area (Å²) in [5, 5.41) is 5.71. The first kappa shape index (κ1) is 15.7. The van der Waals surface area contributed by atoms with Gasteiger partial charge in [0, 0.05) is 11.0 Å². The molecule has 0 unspecified atom stereocenters. The first-order valence-electron chi connectivity index (χ1n) is 7.07. The second kappa shape index (κ2) is 6.49. The van der Waals surface area contributed by atoms with Crippen LogP contribution in [-0.4, -0.2) is 30.7 Å². The summed E-state index contributed by atoms with van der Waals surface area (Å²) in [5.41, 5.74) is 1.56. The number of hydrogen-bond acceptors (Lipinski definition) is 5. The molecule has 2 N–H and O–H groups in total. The number of alkyl halides is 1. The molecular formula is C15H15BrN2O5. The number of carbonyl (C=O) groups is 2. The Morgan fingerprint density at radius 2 is 2.17 bits per heavy atom. The molecule has 0 fully saturated rings. The van der Waals surface area contributed by atoms with Crippen molar-refractivity contribution >= 4 is 27.9 Å². The second-order valence-corrected chi connectivity index (χ2v) is 5.45. The number of fused-ring (bicyclic) bond motifs is 1. The fourth-order valence-corrected chi connectivity index (χ4v) is 2.96. The third-order valence-corrected chi connectivity index (χ3v) is 4.07. The van der Waals surface area contributed by atoms with Gasteiger partial charge in [0.15, 0.2) is 11.5 Å². The molecule has 2 heterocycles. The smallest absolute Gasteiger partial charge is 0.338 e. The van der Waals surface area contributed by atoms with Gasteiger partial charge in [-0.2, -0.15) is 0 Å². The molecule has 2 aliphatic rings. The Morgan fingerprint density at radius 3 is 2.91 bits per heavy atom. The van der Waals surface area contributed by atoms with Crippen LogP contribution in [0, 0.1) is 0 Å². The van der Waals surface area contributed by atoms with Gasteiger partial charge in [0.1, 0.15) is 0 Å². The Hall–Kier alpha value is -2.22. The van der Waals surface area contributed by atoms with Gasteiger partial charge in [-0.25, -0.2) is 9.59 Å². The zero-order chi connectivity index (χ0) is 16.4. The summed E-state index contributed by atoms with van der Waals surface area (Å²) in [4.78, 5) is 24.2. The minimum atomic E-state index is -0.621. The lowest BCUT2D eigenvalue weighted by Gasteiger charge is -2.28. The zero-order valence-corrected chi connectivity index (χ0v) is 13.9. The molecule has 0 saturated heterocycles. The van der Waals surface area contributed by atoms with Crippen LogP contribution in [0.4, 0.5) is 4.79 Å². The Kier molecular flexibility index (Phi) is 4.42. The van der Waals surface area contributed by atoms with Crippen molar-refractivity contribution in [3.63, 3.8) is 0 Å². The number of rotatable bonds is 4. The highest BCUT2D eigenvalue weighted by atomic mass is 79.9. The standard InChI is InChI=1S/C15H15BrN2O5/c1-2-21-14(19)12-9(6-16)17-15(20)18-13(12)8-3-4-10-11(5-8)23-7-22-10/h3-5,13H,2,6-7H2,1H3,(H2,17,18,20)/t13-/m1/s1. The van der Waals surface area contributed by atoms with E-state index in [0.29, 0.717) is 33.7 Å². The first-order chi connectivity index (χ1) is 11.1. The molecule has 0 spiro atoms. The van der Waals surface area contributed by atoms with Crippen molar-refractivity contribution in [1.29, 1.82) is 0 Å². The van der Waals surface area contributed by atoms with E-state index in [1.165, 1.54) is 0 Å². The average Bonchev–Trinajstić information content (AvgIpc) is 3.01. The van der Waals surface area contributed by atoms with E-state index in [1.807, 2.05) is 0 Å². The summed E-state index contributed by atoms with van der Waals surface area (Å²) < 4.78 is 15.8. The molecule has 3 rings (SSSR count). The Labute approximate surface area is 141 Å². The van der Waals surface area contributed by atoms with E-state index in [0.717, 1.165) is 0 Å². The first-order valence-corrected chi connectivity index (χ1v) is 8.19. The summed E-state index contributed by atoms with van der Waals surface area (Å²) in [7, 11) is 0. The molecule has 0 radical (unpaired) electrons. The molecular weight excluding hydrogens is 368 g/mol. The molecule has 2 amide bonds. The second-order valence-electron chi connectivity index (χ2n) is 4.89. The summed E-state index contributed by atoms with van der Waals surface area (Å²) >= 11 is 3.30. The van der Waals surface area contributed by atoms with E-state index >= 15 is 0 Å². The van der Waals surface area contributed by atoms with Gasteiger partial charge in [-0.1, -0.05) is 22.0 Å². The fraction of sp³-hybridized carbons (Fsp3) is 0.333. The summed E-state index contributed by atoms with van der Waals surface area (Å²) in [6.45, 7) is 2.14. The number of hydrogen-bond donors (Lipinski definition) is 2. The van der Waals surface area contributed by atoms with E-state index in [-0.39, 0.29) is 19.4 Å². The van der Waals surface area contributed by atoms with Crippen LogP contribution in [-0.2, 0) is 9.53 Å². The van der Waals surface area contributed by atoms with Crippen molar-refractivity contribution in [2.75, 3.05) is 18.7 Å². The molecule has 2 aliphatic heterocycles. The Balaban J connectivity index is 2.03. The van der Waals surface area contributed by atoms with Crippen molar-refractivity contribution < 1.29 is 23.8 Å². The normalized spacial score (nSPS) is 19.2. The van der Waals surface area contributed by atoms with Crippen molar-refractivity contribution in [3.05, 3.63) is 35.0 Å².